The van der Waals surface area contributed by atoms with Gasteiger partial charge in [-0.05, 0) is 50.9 Å². The number of nitrogens with zero attached hydrogens (tertiary/aromatic N) is 1. The van der Waals surface area contributed by atoms with Gasteiger partial charge in [0.15, 0.2) is 5.96 Å². The first-order valence-electron chi connectivity index (χ1n) is 6.40. The van der Waals surface area contributed by atoms with Crippen LogP contribution in [0.15, 0.2) is 17.1 Å². The van der Waals surface area contributed by atoms with Crippen molar-refractivity contribution in [2.45, 2.75) is 39.2 Å². The van der Waals surface area contributed by atoms with E-state index < -0.39 is 0 Å². The average molecular weight is 221 g/mol. The van der Waals surface area contributed by atoms with Gasteiger partial charge in [-0.15, -0.1) is 0 Å². The summed E-state index contributed by atoms with van der Waals surface area (Å²) in [4.78, 5) is 4.46. The van der Waals surface area contributed by atoms with Crippen molar-refractivity contribution in [3.05, 3.63) is 12.2 Å². The molecule has 0 radical (unpaired) electrons. The molecule has 3 N–H and O–H groups in total. The Balaban J connectivity index is 1.84. The van der Waals surface area contributed by atoms with E-state index in [2.05, 4.69) is 36.3 Å². The molecule has 0 heterocycles. The first-order chi connectivity index (χ1) is 7.65. The molecule has 1 fully saturated rings. The summed E-state index contributed by atoms with van der Waals surface area (Å²) in [5.41, 5.74) is 5.81. The van der Waals surface area contributed by atoms with Gasteiger partial charge >= 0.3 is 0 Å². The highest BCUT2D eigenvalue weighted by Gasteiger charge is 2.31. The van der Waals surface area contributed by atoms with Crippen molar-refractivity contribution in [3.8, 4) is 0 Å². The van der Waals surface area contributed by atoms with Gasteiger partial charge in [0.2, 0.25) is 0 Å². The van der Waals surface area contributed by atoms with E-state index in [1.54, 1.807) is 0 Å². The van der Waals surface area contributed by atoms with Gasteiger partial charge in [-0.3, -0.25) is 4.99 Å². The Kier molecular flexibility index (Phi) is 3.52. The molecule has 3 aliphatic carbocycles. The second-order valence-electron chi connectivity index (χ2n) is 5.41. The van der Waals surface area contributed by atoms with Crippen molar-refractivity contribution in [1.82, 2.24) is 5.32 Å². The van der Waals surface area contributed by atoms with E-state index in [4.69, 9.17) is 5.73 Å². The van der Waals surface area contributed by atoms with E-state index in [-0.39, 0.29) is 0 Å². The molecule has 2 bridgehead atoms. The molecular weight excluding hydrogens is 198 g/mol. The predicted molar refractivity (Wildman–Crippen MR) is 68.2 cm³/mol. The normalized spacial score (nSPS) is 33.4. The fourth-order valence-corrected chi connectivity index (χ4v) is 2.82. The van der Waals surface area contributed by atoms with Crippen LogP contribution in [0.5, 0.6) is 0 Å². The summed E-state index contributed by atoms with van der Waals surface area (Å²) in [7, 11) is 0. The minimum absolute atomic E-state index is 0.367. The zero-order chi connectivity index (χ0) is 11.5. The maximum Gasteiger partial charge on any atom is 0.188 e. The minimum atomic E-state index is 0.367. The fourth-order valence-electron chi connectivity index (χ4n) is 2.82. The lowest BCUT2D eigenvalue weighted by atomic mass is 9.69. The van der Waals surface area contributed by atoms with E-state index in [1.807, 2.05) is 0 Å². The molecule has 3 nitrogen and oxygen atoms in total. The number of aliphatic imine (C=N–C) groups is 1. The van der Waals surface area contributed by atoms with E-state index in [1.165, 1.54) is 19.3 Å². The van der Waals surface area contributed by atoms with Gasteiger partial charge in [0, 0.05) is 12.6 Å². The van der Waals surface area contributed by atoms with Crippen LogP contribution in [0.25, 0.3) is 0 Å². The average Bonchev–Trinajstić information content (AvgIpc) is 2.27. The van der Waals surface area contributed by atoms with E-state index >= 15 is 0 Å². The molecule has 0 aromatic heterocycles. The molecule has 0 spiro atoms. The summed E-state index contributed by atoms with van der Waals surface area (Å²) >= 11 is 0. The van der Waals surface area contributed by atoms with Gasteiger partial charge < -0.3 is 11.1 Å². The summed E-state index contributed by atoms with van der Waals surface area (Å²) in [6.07, 6.45) is 8.81. The Labute approximate surface area is 98.2 Å². The number of hydrogen-bond acceptors (Lipinski definition) is 1. The topological polar surface area (TPSA) is 50.4 Å². The number of guanidine groups is 1. The molecule has 0 aliphatic heterocycles. The SMILES string of the molecule is CC(C)NC(N)=NCC1CC2C=CC1CC2. The quantitative estimate of drug-likeness (QED) is 0.434. The van der Waals surface area contributed by atoms with Crippen molar-refractivity contribution in [2.24, 2.45) is 28.5 Å². The Morgan fingerprint density at radius 2 is 2.25 bits per heavy atom. The lowest BCUT2D eigenvalue weighted by Gasteiger charge is -2.37. The highest BCUT2D eigenvalue weighted by molar-refractivity contribution is 5.78. The maximum atomic E-state index is 5.81. The Morgan fingerprint density at radius 1 is 1.44 bits per heavy atom. The zero-order valence-electron chi connectivity index (χ0n) is 10.3. The van der Waals surface area contributed by atoms with Gasteiger partial charge in [0.25, 0.3) is 0 Å². The molecule has 0 saturated heterocycles. The second kappa shape index (κ2) is 4.89. The van der Waals surface area contributed by atoms with Crippen LogP contribution in [0.2, 0.25) is 0 Å². The first-order valence-corrected chi connectivity index (χ1v) is 6.40. The summed E-state index contributed by atoms with van der Waals surface area (Å²) in [5, 5.41) is 3.14. The van der Waals surface area contributed by atoms with Gasteiger partial charge in [-0.2, -0.15) is 0 Å². The summed E-state index contributed by atoms with van der Waals surface area (Å²) in [6.45, 7) is 5.04. The van der Waals surface area contributed by atoms with E-state index in [0.717, 1.165) is 24.3 Å². The third-order valence-corrected chi connectivity index (χ3v) is 3.64. The van der Waals surface area contributed by atoms with Crippen LogP contribution in [0.1, 0.15) is 33.1 Å². The molecule has 16 heavy (non-hydrogen) atoms. The zero-order valence-corrected chi connectivity index (χ0v) is 10.3. The lowest BCUT2D eigenvalue weighted by molar-refractivity contribution is 0.227. The number of rotatable bonds is 3. The van der Waals surface area contributed by atoms with Crippen molar-refractivity contribution in [1.29, 1.82) is 0 Å². The molecule has 90 valence electrons. The van der Waals surface area contributed by atoms with Crippen LogP contribution in [-0.4, -0.2) is 18.5 Å². The minimum Gasteiger partial charge on any atom is -0.370 e. The Hall–Kier alpha value is -0.990. The molecule has 0 aromatic carbocycles. The van der Waals surface area contributed by atoms with Crippen molar-refractivity contribution >= 4 is 5.96 Å². The molecule has 3 unspecified atom stereocenters. The van der Waals surface area contributed by atoms with Gasteiger partial charge in [-0.25, -0.2) is 0 Å². The Morgan fingerprint density at radius 3 is 2.75 bits per heavy atom. The van der Waals surface area contributed by atoms with Crippen LogP contribution in [0.3, 0.4) is 0 Å². The summed E-state index contributed by atoms with van der Waals surface area (Å²) in [5.74, 6) is 2.88. The van der Waals surface area contributed by atoms with Gasteiger partial charge in [-0.1, -0.05) is 12.2 Å². The lowest BCUT2D eigenvalue weighted by Crippen LogP contribution is -2.38. The van der Waals surface area contributed by atoms with Gasteiger partial charge in [0.05, 0.1) is 0 Å². The highest BCUT2D eigenvalue weighted by atomic mass is 15.1. The Bertz CT molecular complexity index is 294. The maximum absolute atomic E-state index is 5.81. The van der Waals surface area contributed by atoms with Crippen molar-refractivity contribution in [3.63, 3.8) is 0 Å². The monoisotopic (exact) mass is 221 g/mol. The fraction of sp³-hybridized carbons (Fsp3) is 0.769. The molecule has 3 aliphatic rings. The third kappa shape index (κ3) is 2.77. The number of fused-ring (bicyclic) bond motifs is 2. The van der Waals surface area contributed by atoms with Crippen LogP contribution in [0, 0.1) is 17.8 Å². The number of hydrogen-bond donors (Lipinski definition) is 2. The first kappa shape index (κ1) is 11.5. The number of nitrogens with two attached hydrogens (primary N) is 1. The van der Waals surface area contributed by atoms with Gasteiger partial charge in [0.1, 0.15) is 0 Å². The number of nitrogens with one attached hydrogen (secondary N) is 1. The number of allylic oxidation sites excluding steroid dienone is 2. The standard InChI is InChI=1S/C13H23N3/c1-9(2)16-13(14)15-8-12-7-10-3-5-11(12)6-4-10/h3,5,9-12H,4,6-8H2,1-2H3,(H3,14,15,16). The largest absolute Gasteiger partial charge is 0.370 e. The van der Waals surface area contributed by atoms with E-state index in [9.17, 15) is 0 Å². The van der Waals surface area contributed by atoms with Crippen LogP contribution in [0.4, 0.5) is 0 Å². The third-order valence-electron chi connectivity index (χ3n) is 3.64. The smallest absolute Gasteiger partial charge is 0.188 e. The van der Waals surface area contributed by atoms with E-state index in [0.29, 0.717) is 12.0 Å². The predicted octanol–water partition coefficient (Wildman–Crippen LogP) is 1.90. The molecule has 3 atom stereocenters. The highest BCUT2D eigenvalue weighted by Crippen LogP contribution is 2.40. The molecule has 0 amide bonds. The molecule has 3 rings (SSSR count). The molecular formula is C13H23N3. The van der Waals surface area contributed by atoms with Crippen molar-refractivity contribution < 1.29 is 0 Å². The van der Waals surface area contributed by atoms with Crippen molar-refractivity contribution in [2.75, 3.05) is 6.54 Å². The van der Waals surface area contributed by atoms with Crippen LogP contribution >= 0.6 is 0 Å². The van der Waals surface area contributed by atoms with Crippen LogP contribution in [-0.2, 0) is 0 Å². The molecule has 3 heteroatoms. The summed E-state index contributed by atoms with van der Waals surface area (Å²) in [6, 6.07) is 0.367. The molecule has 0 aromatic rings. The molecule has 1 saturated carbocycles. The van der Waals surface area contributed by atoms with Crippen LogP contribution < -0.4 is 11.1 Å². The summed E-state index contributed by atoms with van der Waals surface area (Å²) < 4.78 is 0. The second-order valence-corrected chi connectivity index (χ2v) is 5.41.